The van der Waals surface area contributed by atoms with Gasteiger partial charge in [-0.2, -0.15) is 0 Å². The number of hydrogen-bond donors (Lipinski definition) is 1. The molecule has 0 fully saturated rings. The minimum atomic E-state index is -4.07. The minimum Gasteiger partial charge on any atom is -0.354 e. The maximum Gasteiger partial charge on any atom is 0.264 e. The number of amides is 2. The summed E-state index contributed by atoms with van der Waals surface area (Å²) in [7, 11) is -4.07. The number of benzene rings is 3. The Balaban J connectivity index is 2.01. The minimum absolute atomic E-state index is 0.0940. The van der Waals surface area contributed by atoms with Crippen molar-refractivity contribution in [1.82, 2.24) is 10.2 Å². The van der Waals surface area contributed by atoms with Gasteiger partial charge in [0.1, 0.15) is 12.6 Å². The Morgan fingerprint density at radius 2 is 1.41 bits per heavy atom. The maximum absolute atomic E-state index is 14.0. The Kier molecular flexibility index (Phi) is 10.3. The number of hydrogen-bond acceptors (Lipinski definition) is 4. The summed E-state index contributed by atoms with van der Waals surface area (Å²) in [6.45, 7) is 9.95. The molecule has 1 atom stereocenters. The van der Waals surface area contributed by atoms with Crippen molar-refractivity contribution in [3.05, 3.63) is 95.6 Å². The first kappa shape index (κ1) is 29.9. The van der Waals surface area contributed by atoms with Crippen molar-refractivity contribution >= 4 is 27.5 Å². The van der Waals surface area contributed by atoms with Crippen molar-refractivity contribution in [3.63, 3.8) is 0 Å². The summed E-state index contributed by atoms with van der Waals surface area (Å²) in [6, 6.07) is 22.1. The van der Waals surface area contributed by atoms with Gasteiger partial charge in [-0.1, -0.05) is 86.5 Å². The third kappa shape index (κ3) is 7.93. The lowest BCUT2D eigenvalue weighted by Crippen LogP contribution is -2.52. The van der Waals surface area contributed by atoms with Gasteiger partial charge in [-0.15, -0.1) is 0 Å². The highest BCUT2D eigenvalue weighted by Crippen LogP contribution is 2.25. The smallest absolute Gasteiger partial charge is 0.264 e. The van der Waals surface area contributed by atoms with Crippen molar-refractivity contribution in [2.45, 2.75) is 58.5 Å². The van der Waals surface area contributed by atoms with Crippen LogP contribution in [0.4, 0.5) is 5.69 Å². The average molecular weight is 550 g/mol. The Labute approximate surface area is 232 Å². The number of sulfonamides is 1. The molecule has 0 heterocycles. The van der Waals surface area contributed by atoms with Gasteiger partial charge in [0, 0.05) is 13.1 Å². The van der Waals surface area contributed by atoms with Crippen molar-refractivity contribution in [2.75, 3.05) is 17.4 Å². The van der Waals surface area contributed by atoms with Crippen LogP contribution in [0, 0.1) is 19.8 Å². The van der Waals surface area contributed by atoms with E-state index in [1.807, 2.05) is 58.9 Å². The molecule has 0 aromatic heterocycles. The van der Waals surface area contributed by atoms with Crippen LogP contribution in [-0.2, 0) is 26.2 Å². The Hall–Kier alpha value is -3.65. The van der Waals surface area contributed by atoms with Crippen LogP contribution in [0.3, 0.4) is 0 Å². The topological polar surface area (TPSA) is 86.8 Å². The fraction of sp³-hybridized carbons (Fsp3) is 0.355. The molecule has 3 rings (SSSR count). The number of aryl methyl sites for hydroxylation is 2. The van der Waals surface area contributed by atoms with Gasteiger partial charge in [-0.25, -0.2) is 8.42 Å². The molecule has 7 nitrogen and oxygen atoms in total. The Morgan fingerprint density at radius 3 is 1.95 bits per heavy atom. The molecule has 208 valence electrons. The molecule has 0 aliphatic rings. The fourth-order valence-corrected chi connectivity index (χ4v) is 5.61. The summed E-state index contributed by atoms with van der Waals surface area (Å²) < 4.78 is 28.8. The summed E-state index contributed by atoms with van der Waals surface area (Å²) in [5.41, 5.74) is 3.24. The second-order valence-corrected chi connectivity index (χ2v) is 12.1. The molecule has 0 saturated carbocycles. The van der Waals surface area contributed by atoms with Crippen molar-refractivity contribution in [3.8, 4) is 0 Å². The third-order valence-electron chi connectivity index (χ3n) is 6.48. The molecular weight excluding hydrogens is 510 g/mol. The SMILES string of the molecule is CC[C@@H](C(=O)NCC(C)C)N(Cc1ccc(C)cc1)C(=O)CN(c1ccccc1)S(=O)(=O)c1ccc(C)cc1. The molecule has 2 amide bonds. The highest BCUT2D eigenvalue weighted by molar-refractivity contribution is 7.92. The molecule has 0 bridgehead atoms. The van der Waals surface area contributed by atoms with Gasteiger partial charge >= 0.3 is 0 Å². The lowest BCUT2D eigenvalue weighted by atomic mass is 10.1. The van der Waals surface area contributed by atoms with Gasteiger partial charge in [-0.3, -0.25) is 13.9 Å². The molecular formula is C31H39N3O4S. The lowest BCUT2D eigenvalue weighted by Gasteiger charge is -2.33. The van der Waals surface area contributed by atoms with Crippen LogP contribution in [0.15, 0.2) is 83.8 Å². The summed E-state index contributed by atoms with van der Waals surface area (Å²) in [6.07, 6.45) is 0.386. The zero-order chi connectivity index (χ0) is 28.6. The summed E-state index contributed by atoms with van der Waals surface area (Å²) in [5.74, 6) is -0.457. The van der Waals surface area contributed by atoms with Gasteiger partial charge in [0.15, 0.2) is 0 Å². The van der Waals surface area contributed by atoms with E-state index in [4.69, 9.17) is 0 Å². The number of anilines is 1. The first-order chi connectivity index (χ1) is 18.5. The van der Waals surface area contributed by atoms with Crippen LogP contribution in [0.25, 0.3) is 0 Å². The van der Waals surface area contributed by atoms with Gasteiger partial charge in [0.25, 0.3) is 10.0 Å². The van der Waals surface area contributed by atoms with E-state index in [0.29, 0.717) is 18.7 Å². The van der Waals surface area contributed by atoms with Crippen molar-refractivity contribution < 1.29 is 18.0 Å². The predicted octanol–water partition coefficient (Wildman–Crippen LogP) is 5.08. The molecule has 0 radical (unpaired) electrons. The number of carbonyl (C=O) groups is 2. The second kappa shape index (κ2) is 13.4. The Bertz CT molecular complexity index is 1340. The molecule has 3 aromatic rings. The third-order valence-corrected chi connectivity index (χ3v) is 8.26. The number of rotatable bonds is 12. The van der Waals surface area contributed by atoms with E-state index < -0.39 is 28.5 Å². The van der Waals surface area contributed by atoms with Gasteiger partial charge in [0.05, 0.1) is 10.6 Å². The van der Waals surface area contributed by atoms with E-state index in [-0.39, 0.29) is 23.3 Å². The number of nitrogens with one attached hydrogen (secondary N) is 1. The van der Waals surface area contributed by atoms with E-state index in [0.717, 1.165) is 21.0 Å². The maximum atomic E-state index is 14.0. The normalized spacial score (nSPS) is 12.2. The van der Waals surface area contributed by atoms with Crippen molar-refractivity contribution in [1.29, 1.82) is 0 Å². The van der Waals surface area contributed by atoms with Crippen LogP contribution in [0.1, 0.15) is 43.9 Å². The molecule has 0 aliphatic carbocycles. The monoisotopic (exact) mass is 549 g/mol. The second-order valence-electron chi connectivity index (χ2n) is 10.2. The Morgan fingerprint density at radius 1 is 0.846 bits per heavy atom. The first-order valence-electron chi connectivity index (χ1n) is 13.3. The van der Waals surface area contributed by atoms with Gasteiger partial charge < -0.3 is 10.2 Å². The van der Waals surface area contributed by atoms with Crippen LogP contribution >= 0.6 is 0 Å². The van der Waals surface area contributed by atoms with E-state index >= 15 is 0 Å². The van der Waals surface area contributed by atoms with E-state index in [2.05, 4.69) is 5.32 Å². The standard InChI is InChI=1S/C31H39N3O4S/c1-6-29(31(36)32-20-23(2)3)33(21-26-16-12-24(4)13-17-26)30(35)22-34(27-10-8-7-9-11-27)39(37,38)28-18-14-25(5)15-19-28/h7-19,23,29H,6,20-22H2,1-5H3,(H,32,36)/t29-/m0/s1. The van der Waals surface area contributed by atoms with Crippen molar-refractivity contribution in [2.24, 2.45) is 5.92 Å². The largest absolute Gasteiger partial charge is 0.354 e. The quantitative estimate of drug-likeness (QED) is 0.341. The van der Waals surface area contributed by atoms with Crippen LogP contribution < -0.4 is 9.62 Å². The van der Waals surface area contributed by atoms with Crippen LogP contribution in [0.5, 0.6) is 0 Å². The number of para-hydroxylation sites is 1. The zero-order valence-corrected chi connectivity index (χ0v) is 24.2. The van der Waals surface area contributed by atoms with Gasteiger partial charge in [-0.05, 0) is 56.0 Å². The van der Waals surface area contributed by atoms with E-state index in [1.54, 1.807) is 54.6 Å². The predicted molar refractivity (Wildman–Crippen MR) is 156 cm³/mol. The average Bonchev–Trinajstić information content (AvgIpc) is 2.92. The summed E-state index contributed by atoms with van der Waals surface area (Å²) >= 11 is 0. The lowest BCUT2D eigenvalue weighted by molar-refractivity contribution is -0.140. The van der Waals surface area contributed by atoms with Gasteiger partial charge in [0.2, 0.25) is 11.8 Å². The molecule has 1 N–H and O–H groups in total. The molecule has 39 heavy (non-hydrogen) atoms. The highest BCUT2D eigenvalue weighted by Gasteiger charge is 2.33. The fourth-order valence-electron chi connectivity index (χ4n) is 4.19. The van der Waals surface area contributed by atoms with Crippen LogP contribution in [-0.4, -0.2) is 44.3 Å². The molecule has 0 unspecified atom stereocenters. The molecule has 0 saturated heterocycles. The highest BCUT2D eigenvalue weighted by atomic mass is 32.2. The molecule has 0 aliphatic heterocycles. The zero-order valence-electron chi connectivity index (χ0n) is 23.4. The number of carbonyl (C=O) groups excluding carboxylic acids is 2. The molecule has 3 aromatic carbocycles. The first-order valence-corrected chi connectivity index (χ1v) is 14.7. The molecule has 8 heteroatoms. The van der Waals surface area contributed by atoms with E-state index in [1.165, 1.54) is 4.90 Å². The molecule has 0 spiro atoms. The summed E-state index contributed by atoms with van der Waals surface area (Å²) in [5, 5.41) is 2.95. The van der Waals surface area contributed by atoms with Crippen LogP contribution in [0.2, 0.25) is 0 Å². The summed E-state index contributed by atoms with van der Waals surface area (Å²) in [4.78, 5) is 28.8. The number of nitrogens with zero attached hydrogens (tertiary/aromatic N) is 2. The van der Waals surface area contributed by atoms with E-state index in [9.17, 15) is 18.0 Å².